The van der Waals surface area contributed by atoms with Crippen molar-refractivity contribution in [2.75, 3.05) is 0 Å². The summed E-state index contributed by atoms with van der Waals surface area (Å²) >= 11 is 0. The van der Waals surface area contributed by atoms with Crippen LogP contribution in [0.15, 0.2) is 47.1 Å². The lowest BCUT2D eigenvalue weighted by molar-refractivity contribution is -0.384. The Balaban J connectivity index is 2.03. The average molecular weight is 260 g/mol. The monoisotopic (exact) mass is 260 g/mol. The topological polar surface area (TPSA) is 68.3 Å². The second-order valence-electron chi connectivity index (χ2n) is 4.47. The Kier molecular flexibility index (Phi) is 3.97. The summed E-state index contributed by atoms with van der Waals surface area (Å²) in [5, 5.41) is 14.0. The van der Waals surface area contributed by atoms with Gasteiger partial charge in [-0.2, -0.15) is 0 Å². The van der Waals surface area contributed by atoms with Gasteiger partial charge in [-0.1, -0.05) is 12.1 Å². The van der Waals surface area contributed by atoms with Crippen LogP contribution in [0.2, 0.25) is 0 Å². The standard InChI is InChI=1S/C14H16N2O3/c1-10(15-11(2)14-4-3-9-19-14)12-5-7-13(8-6-12)16(17)18/h3-11,15H,1-2H3. The lowest BCUT2D eigenvalue weighted by Crippen LogP contribution is -2.22. The highest BCUT2D eigenvalue weighted by molar-refractivity contribution is 5.34. The molecule has 0 aliphatic rings. The molecular formula is C14H16N2O3. The first-order valence-corrected chi connectivity index (χ1v) is 6.11. The fourth-order valence-corrected chi connectivity index (χ4v) is 1.98. The molecule has 0 aliphatic heterocycles. The zero-order chi connectivity index (χ0) is 13.8. The van der Waals surface area contributed by atoms with E-state index in [2.05, 4.69) is 5.32 Å². The Morgan fingerprint density at radius 2 is 1.84 bits per heavy atom. The van der Waals surface area contributed by atoms with Gasteiger partial charge in [-0.15, -0.1) is 0 Å². The summed E-state index contributed by atoms with van der Waals surface area (Å²) < 4.78 is 5.33. The second-order valence-corrected chi connectivity index (χ2v) is 4.47. The third kappa shape index (κ3) is 3.20. The lowest BCUT2D eigenvalue weighted by atomic mass is 10.1. The van der Waals surface area contributed by atoms with Gasteiger partial charge in [0.2, 0.25) is 0 Å². The van der Waals surface area contributed by atoms with Gasteiger partial charge < -0.3 is 9.73 Å². The molecule has 0 saturated heterocycles. The molecule has 100 valence electrons. The highest BCUT2D eigenvalue weighted by Crippen LogP contribution is 2.21. The van der Waals surface area contributed by atoms with E-state index in [4.69, 9.17) is 4.42 Å². The molecule has 0 saturated carbocycles. The summed E-state index contributed by atoms with van der Waals surface area (Å²) in [7, 11) is 0. The van der Waals surface area contributed by atoms with Crippen LogP contribution in [0, 0.1) is 10.1 Å². The maximum Gasteiger partial charge on any atom is 0.269 e. The van der Waals surface area contributed by atoms with Gasteiger partial charge >= 0.3 is 0 Å². The van der Waals surface area contributed by atoms with Crippen molar-refractivity contribution in [2.24, 2.45) is 0 Å². The second kappa shape index (κ2) is 5.67. The zero-order valence-electron chi connectivity index (χ0n) is 10.9. The smallest absolute Gasteiger partial charge is 0.269 e. The van der Waals surface area contributed by atoms with E-state index in [1.54, 1.807) is 18.4 Å². The van der Waals surface area contributed by atoms with Gasteiger partial charge in [-0.25, -0.2) is 0 Å². The first-order chi connectivity index (χ1) is 9.08. The summed E-state index contributed by atoms with van der Waals surface area (Å²) in [6.07, 6.45) is 1.64. The molecule has 1 heterocycles. The molecule has 5 heteroatoms. The maximum absolute atomic E-state index is 10.6. The number of furan rings is 1. The van der Waals surface area contributed by atoms with Crippen LogP contribution in [0.4, 0.5) is 5.69 Å². The number of nitrogens with one attached hydrogen (secondary N) is 1. The molecule has 0 spiro atoms. The summed E-state index contributed by atoms with van der Waals surface area (Å²) in [6, 6.07) is 10.5. The van der Waals surface area contributed by atoms with E-state index in [0.29, 0.717) is 0 Å². The largest absolute Gasteiger partial charge is 0.468 e. The van der Waals surface area contributed by atoms with E-state index in [0.717, 1.165) is 11.3 Å². The van der Waals surface area contributed by atoms with E-state index < -0.39 is 4.92 Å². The maximum atomic E-state index is 10.6. The third-order valence-corrected chi connectivity index (χ3v) is 3.07. The van der Waals surface area contributed by atoms with Crippen LogP contribution in [0.25, 0.3) is 0 Å². The minimum absolute atomic E-state index is 0.0835. The molecular weight excluding hydrogens is 244 g/mol. The fourth-order valence-electron chi connectivity index (χ4n) is 1.98. The predicted octanol–water partition coefficient (Wildman–Crippen LogP) is 3.60. The van der Waals surface area contributed by atoms with E-state index in [1.807, 2.05) is 26.0 Å². The summed E-state index contributed by atoms with van der Waals surface area (Å²) in [6.45, 7) is 4.03. The van der Waals surface area contributed by atoms with Crippen LogP contribution < -0.4 is 5.32 Å². The van der Waals surface area contributed by atoms with E-state index in [1.165, 1.54) is 12.1 Å². The molecule has 0 bridgehead atoms. The van der Waals surface area contributed by atoms with Gasteiger partial charge in [0.1, 0.15) is 5.76 Å². The quantitative estimate of drug-likeness (QED) is 0.658. The molecule has 0 radical (unpaired) electrons. The summed E-state index contributed by atoms with van der Waals surface area (Å²) in [5.41, 5.74) is 1.11. The minimum Gasteiger partial charge on any atom is -0.468 e. The number of hydrogen-bond donors (Lipinski definition) is 1. The van der Waals surface area contributed by atoms with Gasteiger partial charge in [-0.3, -0.25) is 10.1 Å². The van der Waals surface area contributed by atoms with E-state index in [9.17, 15) is 10.1 Å². The molecule has 0 amide bonds. The van der Waals surface area contributed by atoms with Crippen molar-refractivity contribution < 1.29 is 9.34 Å². The van der Waals surface area contributed by atoms with Crippen LogP contribution in [0.5, 0.6) is 0 Å². The van der Waals surface area contributed by atoms with Gasteiger partial charge in [0, 0.05) is 18.2 Å². The zero-order valence-corrected chi connectivity index (χ0v) is 10.9. The van der Waals surface area contributed by atoms with Crippen LogP contribution in [0.1, 0.15) is 37.3 Å². The molecule has 2 rings (SSSR count). The first kappa shape index (κ1) is 13.3. The summed E-state index contributed by atoms with van der Waals surface area (Å²) in [4.78, 5) is 10.2. The highest BCUT2D eigenvalue weighted by atomic mass is 16.6. The molecule has 19 heavy (non-hydrogen) atoms. The molecule has 0 fully saturated rings. The Hall–Kier alpha value is -2.14. The minimum atomic E-state index is -0.395. The summed E-state index contributed by atoms with van der Waals surface area (Å²) in [5.74, 6) is 0.869. The van der Waals surface area contributed by atoms with Crippen LogP contribution in [0.3, 0.4) is 0 Å². The molecule has 1 N–H and O–H groups in total. The van der Waals surface area contributed by atoms with Crippen molar-refractivity contribution in [3.8, 4) is 0 Å². The van der Waals surface area contributed by atoms with Crippen LogP contribution in [-0.2, 0) is 0 Å². The third-order valence-electron chi connectivity index (χ3n) is 3.07. The number of nitro benzene ring substituents is 1. The van der Waals surface area contributed by atoms with Gasteiger partial charge in [0.25, 0.3) is 5.69 Å². The Morgan fingerprint density at radius 1 is 1.16 bits per heavy atom. The molecule has 5 nitrogen and oxygen atoms in total. The van der Waals surface area contributed by atoms with Crippen LogP contribution in [-0.4, -0.2) is 4.92 Å². The van der Waals surface area contributed by atoms with Gasteiger partial charge in [-0.05, 0) is 31.5 Å². The number of benzene rings is 1. The van der Waals surface area contributed by atoms with Crippen molar-refractivity contribution in [2.45, 2.75) is 25.9 Å². The first-order valence-electron chi connectivity index (χ1n) is 6.11. The van der Waals surface area contributed by atoms with Crippen LogP contribution >= 0.6 is 0 Å². The number of nitro groups is 1. The van der Waals surface area contributed by atoms with Crippen molar-refractivity contribution in [1.82, 2.24) is 5.32 Å². The van der Waals surface area contributed by atoms with Crippen molar-refractivity contribution >= 4 is 5.69 Å². The number of rotatable bonds is 5. The molecule has 0 aliphatic carbocycles. The highest BCUT2D eigenvalue weighted by Gasteiger charge is 2.14. The number of hydrogen-bond acceptors (Lipinski definition) is 4. The molecule has 2 atom stereocenters. The van der Waals surface area contributed by atoms with E-state index >= 15 is 0 Å². The molecule has 2 unspecified atom stereocenters. The molecule has 2 aromatic rings. The molecule has 1 aromatic heterocycles. The van der Waals surface area contributed by atoms with Crippen molar-refractivity contribution in [3.63, 3.8) is 0 Å². The normalized spacial score (nSPS) is 14.0. The van der Waals surface area contributed by atoms with Crippen molar-refractivity contribution in [3.05, 3.63) is 64.1 Å². The SMILES string of the molecule is CC(NC(C)c1ccco1)c1ccc([N+](=O)[O-])cc1. The van der Waals surface area contributed by atoms with E-state index in [-0.39, 0.29) is 17.8 Å². The number of non-ortho nitro benzene ring substituents is 1. The van der Waals surface area contributed by atoms with Gasteiger partial charge in [0.05, 0.1) is 17.2 Å². The van der Waals surface area contributed by atoms with Crippen molar-refractivity contribution in [1.29, 1.82) is 0 Å². The lowest BCUT2D eigenvalue weighted by Gasteiger charge is -2.18. The fraction of sp³-hybridized carbons (Fsp3) is 0.286. The predicted molar refractivity (Wildman–Crippen MR) is 71.8 cm³/mol. The Morgan fingerprint density at radius 3 is 2.37 bits per heavy atom. The average Bonchev–Trinajstić information content (AvgIpc) is 2.92. The van der Waals surface area contributed by atoms with Gasteiger partial charge in [0.15, 0.2) is 0 Å². The number of nitrogens with zero attached hydrogens (tertiary/aromatic N) is 1. The Bertz CT molecular complexity index is 534. The Labute approximate surface area is 111 Å². The molecule has 1 aromatic carbocycles.